The zero-order chi connectivity index (χ0) is 20.3. The molecule has 0 aliphatic carbocycles. The predicted octanol–water partition coefficient (Wildman–Crippen LogP) is 3.67. The van der Waals surface area contributed by atoms with Crippen LogP contribution < -0.4 is 0 Å². The Labute approximate surface area is 167 Å². The fraction of sp³-hybridized carbons (Fsp3) is 0.300. The first-order chi connectivity index (χ1) is 13.4. The summed E-state index contributed by atoms with van der Waals surface area (Å²) in [6.45, 7) is 7.43. The largest absolute Gasteiger partial charge is 0.462 e. The average Bonchev–Trinajstić information content (AvgIpc) is 3.19. The van der Waals surface area contributed by atoms with E-state index >= 15 is 0 Å². The van der Waals surface area contributed by atoms with Gasteiger partial charge in [0.05, 0.1) is 23.6 Å². The Morgan fingerprint density at radius 2 is 1.86 bits per heavy atom. The van der Waals surface area contributed by atoms with E-state index in [1.807, 2.05) is 41.8 Å². The van der Waals surface area contributed by atoms with E-state index in [1.165, 1.54) is 11.8 Å². The van der Waals surface area contributed by atoms with Gasteiger partial charge in [0, 0.05) is 11.4 Å². The number of esters is 1. The molecule has 0 amide bonds. The minimum absolute atomic E-state index is 0.110. The second kappa shape index (κ2) is 8.43. The molecule has 0 fully saturated rings. The molecule has 146 valence electrons. The molecule has 1 N–H and O–H groups in total. The monoisotopic (exact) mass is 398 g/mol. The molecule has 0 atom stereocenters. The number of nitrogens with zero attached hydrogens (tertiary/aromatic N) is 3. The van der Waals surface area contributed by atoms with Crippen molar-refractivity contribution >= 4 is 23.5 Å². The van der Waals surface area contributed by atoms with Crippen LogP contribution in [0.1, 0.15) is 44.9 Å². The number of hydrogen-bond acceptors (Lipinski definition) is 6. The van der Waals surface area contributed by atoms with E-state index in [4.69, 9.17) is 4.74 Å². The number of rotatable bonds is 7. The molecule has 8 heteroatoms. The summed E-state index contributed by atoms with van der Waals surface area (Å²) in [5, 5.41) is 8.97. The lowest BCUT2D eigenvalue weighted by atomic mass is 10.1. The summed E-state index contributed by atoms with van der Waals surface area (Å²) in [6, 6.07) is 9.75. The van der Waals surface area contributed by atoms with Gasteiger partial charge in [0.1, 0.15) is 5.82 Å². The Balaban J connectivity index is 1.79. The number of H-pyrrole nitrogens is 1. The second-order valence-corrected chi connectivity index (χ2v) is 7.20. The minimum atomic E-state index is -0.417. The van der Waals surface area contributed by atoms with E-state index in [9.17, 15) is 9.59 Å². The number of benzene rings is 1. The first kappa shape index (κ1) is 19.9. The molecule has 2 heterocycles. The third kappa shape index (κ3) is 3.87. The molecular formula is C20H22N4O3S. The maximum absolute atomic E-state index is 12.8. The fourth-order valence-electron chi connectivity index (χ4n) is 3.05. The highest BCUT2D eigenvalue weighted by Crippen LogP contribution is 2.25. The van der Waals surface area contributed by atoms with Gasteiger partial charge in [-0.3, -0.25) is 9.36 Å². The number of carbonyl (C=O) groups is 2. The number of ether oxygens (including phenoxy) is 1. The number of nitrogens with one attached hydrogen (secondary N) is 1. The first-order valence-corrected chi connectivity index (χ1v) is 9.92. The maximum atomic E-state index is 12.8. The van der Waals surface area contributed by atoms with Crippen LogP contribution in [0.2, 0.25) is 0 Å². The third-order valence-corrected chi connectivity index (χ3v) is 5.27. The molecule has 0 radical (unpaired) electrons. The van der Waals surface area contributed by atoms with Crippen LogP contribution in [0.25, 0.3) is 5.69 Å². The average molecular weight is 398 g/mol. The van der Waals surface area contributed by atoms with Gasteiger partial charge in [-0.1, -0.05) is 30.0 Å². The molecule has 1 aromatic carbocycles. The van der Waals surface area contributed by atoms with E-state index in [0.29, 0.717) is 27.7 Å². The molecule has 2 aromatic heterocycles. The number of aromatic amines is 1. The van der Waals surface area contributed by atoms with Crippen LogP contribution in [0.5, 0.6) is 0 Å². The predicted molar refractivity (Wildman–Crippen MR) is 107 cm³/mol. The molecule has 3 aromatic rings. The molecule has 28 heavy (non-hydrogen) atoms. The van der Waals surface area contributed by atoms with E-state index in [2.05, 4.69) is 15.2 Å². The van der Waals surface area contributed by atoms with Gasteiger partial charge in [0.15, 0.2) is 10.9 Å². The van der Waals surface area contributed by atoms with Crippen molar-refractivity contribution in [3.63, 3.8) is 0 Å². The van der Waals surface area contributed by atoms with E-state index in [-0.39, 0.29) is 18.1 Å². The van der Waals surface area contributed by atoms with Crippen LogP contribution in [0.15, 0.2) is 35.5 Å². The highest BCUT2D eigenvalue weighted by atomic mass is 32.2. The van der Waals surface area contributed by atoms with Crippen LogP contribution in [0.3, 0.4) is 0 Å². The van der Waals surface area contributed by atoms with Crippen molar-refractivity contribution < 1.29 is 14.3 Å². The molecule has 0 spiro atoms. The highest BCUT2D eigenvalue weighted by molar-refractivity contribution is 7.99. The Morgan fingerprint density at radius 3 is 2.54 bits per heavy atom. The molecule has 0 saturated heterocycles. The van der Waals surface area contributed by atoms with Gasteiger partial charge in [-0.05, 0) is 45.4 Å². The van der Waals surface area contributed by atoms with Crippen molar-refractivity contribution in [3.05, 3.63) is 58.7 Å². The van der Waals surface area contributed by atoms with Crippen molar-refractivity contribution in [2.45, 2.75) is 32.9 Å². The van der Waals surface area contributed by atoms with Crippen molar-refractivity contribution in [2.75, 3.05) is 12.4 Å². The Morgan fingerprint density at radius 1 is 1.14 bits per heavy atom. The number of para-hydroxylation sites is 1. The lowest BCUT2D eigenvalue weighted by molar-refractivity contribution is 0.0525. The second-order valence-electron chi connectivity index (χ2n) is 6.26. The fourth-order valence-corrected chi connectivity index (χ4v) is 3.92. The minimum Gasteiger partial charge on any atom is -0.462 e. The summed E-state index contributed by atoms with van der Waals surface area (Å²) >= 11 is 1.31. The molecule has 0 bridgehead atoms. The standard InChI is InChI=1S/C20H22N4O3S/c1-5-27-19(26)17-12(2)18(21-13(17)3)16(25)11-28-20-23-22-14(4)24(20)15-9-7-6-8-10-15/h6-10,21H,5,11H2,1-4H3. The summed E-state index contributed by atoms with van der Waals surface area (Å²) in [5.74, 6) is 0.396. The Bertz CT molecular complexity index is 1010. The first-order valence-electron chi connectivity index (χ1n) is 8.93. The van der Waals surface area contributed by atoms with Crippen LogP contribution in [-0.2, 0) is 4.74 Å². The van der Waals surface area contributed by atoms with Crippen LogP contribution >= 0.6 is 11.8 Å². The van der Waals surface area contributed by atoms with Crippen LogP contribution in [-0.4, -0.2) is 43.9 Å². The Kier molecular flexibility index (Phi) is 5.99. The van der Waals surface area contributed by atoms with Gasteiger partial charge >= 0.3 is 5.97 Å². The number of aryl methyl sites for hydroxylation is 2. The van der Waals surface area contributed by atoms with E-state index in [1.54, 1.807) is 20.8 Å². The number of hydrogen-bond donors (Lipinski definition) is 1. The molecule has 7 nitrogen and oxygen atoms in total. The topological polar surface area (TPSA) is 89.9 Å². The maximum Gasteiger partial charge on any atom is 0.340 e. The number of aromatic nitrogens is 4. The molecular weight excluding hydrogens is 376 g/mol. The zero-order valence-corrected chi connectivity index (χ0v) is 17.1. The van der Waals surface area contributed by atoms with Gasteiger partial charge in [-0.2, -0.15) is 0 Å². The quantitative estimate of drug-likeness (QED) is 0.371. The van der Waals surface area contributed by atoms with Crippen molar-refractivity contribution in [2.24, 2.45) is 0 Å². The molecule has 0 saturated carbocycles. The zero-order valence-electron chi connectivity index (χ0n) is 16.3. The van der Waals surface area contributed by atoms with Gasteiger partial charge in [0.25, 0.3) is 0 Å². The van der Waals surface area contributed by atoms with Crippen molar-refractivity contribution in [1.82, 2.24) is 19.7 Å². The lowest BCUT2D eigenvalue weighted by Gasteiger charge is -2.07. The SMILES string of the molecule is CCOC(=O)c1c(C)[nH]c(C(=O)CSc2nnc(C)n2-c2ccccc2)c1C. The number of carbonyl (C=O) groups excluding carboxylic acids is 2. The molecule has 3 rings (SSSR count). The molecule has 0 aliphatic rings. The normalized spacial score (nSPS) is 10.9. The summed E-state index contributed by atoms with van der Waals surface area (Å²) < 4.78 is 6.99. The number of thioether (sulfide) groups is 1. The Hall–Kier alpha value is -2.87. The smallest absolute Gasteiger partial charge is 0.340 e. The van der Waals surface area contributed by atoms with Crippen molar-refractivity contribution in [3.8, 4) is 5.69 Å². The van der Waals surface area contributed by atoms with E-state index in [0.717, 1.165) is 11.5 Å². The van der Waals surface area contributed by atoms with E-state index < -0.39 is 5.97 Å². The highest BCUT2D eigenvalue weighted by Gasteiger charge is 2.23. The summed E-state index contributed by atoms with van der Waals surface area (Å²) in [4.78, 5) is 27.9. The summed E-state index contributed by atoms with van der Waals surface area (Å²) in [6.07, 6.45) is 0. The van der Waals surface area contributed by atoms with Crippen molar-refractivity contribution in [1.29, 1.82) is 0 Å². The van der Waals surface area contributed by atoms with Gasteiger partial charge in [0.2, 0.25) is 0 Å². The lowest BCUT2D eigenvalue weighted by Crippen LogP contribution is -2.09. The summed E-state index contributed by atoms with van der Waals surface area (Å²) in [7, 11) is 0. The third-order valence-electron chi connectivity index (χ3n) is 4.34. The van der Waals surface area contributed by atoms with Gasteiger partial charge in [-0.25, -0.2) is 4.79 Å². The van der Waals surface area contributed by atoms with Gasteiger partial charge in [-0.15, -0.1) is 10.2 Å². The summed E-state index contributed by atoms with van der Waals surface area (Å²) in [5.41, 5.74) is 3.04. The molecule has 0 aliphatic heterocycles. The number of ketones is 1. The van der Waals surface area contributed by atoms with Crippen LogP contribution in [0, 0.1) is 20.8 Å². The molecule has 0 unspecified atom stereocenters. The van der Waals surface area contributed by atoms with Gasteiger partial charge < -0.3 is 9.72 Å². The van der Waals surface area contributed by atoms with Crippen LogP contribution in [0.4, 0.5) is 0 Å². The number of Topliss-reactive ketones (excluding diaryl/α,β-unsaturated/α-hetero) is 1.